The van der Waals surface area contributed by atoms with Gasteiger partial charge in [0.2, 0.25) is 0 Å². The second-order valence-corrected chi connectivity index (χ2v) is 5.77. The Bertz CT molecular complexity index is 595. The van der Waals surface area contributed by atoms with E-state index in [0.717, 1.165) is 17.8 Å². The molecule has 21 heavy (non-hydrogen) atoms. The highest BCUT2D eigenvalue weighted by Gasteiger charge is 2.21. The minimum absolute atomic E-state index is 0.00852. The highest BCUT2D eigenvalue weighted by molar-refractivity contribution is 6.31. The third-order valence-corrected chi connectivity index (χ3v) is 3.68. The topological polar surface area (TPSA) is 29.9 Å². The van der Waals surface area contributed by atoms with Gasteiger partial charge in [-0.05, 0) is 44.5 Å². The van der Waals surface area contributed by atoms with Crippen molar-refractivity contribution in [3.05, 3.63) is 52.6 Å². The maximum absolute atomic E-state index is 13.4. The molecule has 114 valence electrons. The average molecular weight is 310 g/mol. The lowest BCUT2D eigenvalue weighted by molar-refractivity contribution is 0.447. The molecule has 1 atom stereocenters. The third kappa shape index (κ3) is 3.83. The van der Waals surface area contributed by atoms with Crippen LogP contribution in [-0.2, 0) is 6.42 Å². The number of hydrogen-bond donors (Lipinski definition) is 1. The van der Waals surface area contributed by atoms with Crippen molar-refractivity contribution < 1.29 is 4.39 Å². The van der Waals surface area contributed by atoms with Gasteiger partial charge >= 0.3 is 0 Å². The summed E-state index contributed by atoms with van der Waals surface area (Å²) in [5, 5.41) is 8.41. The first-order chi connectivity index (χ1) is 10.0. The minimum Gasteiger partial charge on any atom is -0.309 e. The highest BCUT2D eigenvalue weighted by atomic mass is 35.5. The fourth-order valence-electron chi connectivity index (χ4n) is 2.50. The Morgan fingerprint density at radius 1 is 1.38 bits per heavy atom. The summed E-state index contributed by atoms with van der Waals surface area (Å²) in [6.07, 6.45) is 2.34. The predicted molar refractivity (Wildman–Crippen MR) is 84.1 cm³/mol. The molecule has 0 aliphatic carbocycles. The van der Waals surface area contributed by atoms with Crippen LogP contribution < -0.4 is 5.32 Å². The summed E-state index contributed by atoms with van der Waals surface area (Å²) < 4.78 is 15.3. The zero-order valence-electron chi connectivity index (χ0n) is 12.6. The molecular formula is C16H21ClFN3. The highest BCUT2D eigenvalue weighted by Crippen LogP contribution is 2.28. The van der Waals surface area contributed by atoms with Gasteiger partial charge in [-0.3, -0.25) is 4.68 Å². The van der Waals surface area contributed by atoms with Crippen LogP contribution in [-0.4, -0.2) is 16.3 Å². The van der Waals surface area contributed by atoms with E-state index in [-0.39, 0.29) is 17.9 Å². The van der Waals surface area contributed by atoms with Crippen molar-refractivity contribution in [2.45, 2.75) is 39.3 Å². The van der Waals surface area contributed by atoms with Crippen LogP contribution in [0, 0.1) is 5.82 Å². The van der Waals surface area contributed by atoms with E-state index in [4.69, 9.17) is 11.6 Å². The number of hydrogen-bond acceptors (Lipinski definition) is 2. The fourth-order valence-corrected chi connectivity index (χ4v) is 2.76. The van der Waals surface area contributed by atoms with Crippen LogP contribution in [0.25, 0.3) is 0 Å². The molecule has 3 nitrogen and oxygen atoms in total. The van der Waals surface area contributed by atoms with E-state index in [1.807, 2.05) is 17.7 Å². The molecule has 5 heteroatoms. The number of benzene rings is 1. The third-order valence-electron chi connectivity index (χ3n) is 3.39. The van der Waals surface area contributed by atoms with Crippen LogP contribution in [0.3, 0.4) is 0 Å². The van der Waals surface area contributed by atoms with Crippen LogP contribution in [0.2, 0.25) is 5.02 Å². The Morgan fingerprint density at radius 2 is 2.14 bits per heavy atom. The summed E-state index contributed by atoms with van der Waals surface area (Å²) in [7, 11) is 0. The normalized spacial score (nSPS) is 12.9. The SMILES string of the molecule is CCNC(Cc1cccc(F)c1)c1c(Cl)cnn1C(C)C. The first-order valence-electron chi connectivity index (χ1n) is 7.23. The maximum Gasteiger partial charge on any atom is 0.123 e. The van der Waals surface area contributed by atoms with E-state index in [9.17, 15) is 4.39 Å². The molecule has 1 unspecified atom stereocenters. The summed E-state index contributed by atoms with van der Waals surface area (Å²) in [5.41, 5.74) is 1.89. The van der Waals surface area contributed by atoms with Gasteiger partial charge in [-0.25, -0.2) is 4.39 Å². The molecule has 1 aromatic heterocycles. The minimum atomic E-state index is -0.216. The summed E-state index contributed by atoms with van der Waals surface area (Å²) in [6.45, 7) is 6.98. The summed E-state index contributed by atoms with van der Waals surface area (Å²) >= 11 is 6.32. The molecule has 0 bridgehead atoms. The number of halogens is 2. The van der Waals surface area contributed by atoms with Crippen molar-refractivity contribution in [3.63, 3.8) is 0 Å². The Kier molecular flexibility index (Phi) is 5.37. The smallest absolute Gasteiger partial charge is 0.123 e. The first-order valence-corrected chi connectivity index (χ1v) is 7.61. The maximum atomic E-state index is 13.4. The molecule has 1 heterocycles. The fraction of sp³-hybridized carbons (Fsp3) is 0.438. The molecule has 1 N–H and O–H groups in total. The molecule has 0 fully saturated rings. The van der Waals surface area contributed by atoms with E-state index in [2.05, 4.69) is 24.3 Å². The van der Waals surface area contributed by atoms with Gasteiger partial charge in [0, 0.05) is 6.04 Å². The van der Waals surface area contributed by atoms with Gasteiger partial charge < -0.3 is 5.32 Å². The van der Waals surface area contributed by atoms with Gasteiger partial charge in [0.05, 0.1) is 23.0 Å². The van der Waals surface area contributed by atoms with Crippen LogP contribution in [0.4, 0.5) is 4.39 Å². The summed E-state index contributed by atoms with van der Waals surface area (Å²) in [6, 6.07) is 6.91. The molecular weight excluding hydrogens is 289 g/mol. The summed E-state index contributed by atoms with van der Waals surface area (Å²) in [4.78, 5) is 0. The Morgan fingerprint density at radius 3 is 2.76 bits per heavy atom. The van der Waals surface area contributed by atoms with Gasteiger partial charge in [-0.15, -0.1) is 0 Å². The quantitative estimate of drug-likeness (QED) is 0.868. The second-order valence-electron chi connectivity index (χ2n) is 5.36. The van der Waals surface area contributed by atoms with Gasteiger partial charge in [0.15, 0.2) is 0 Å². The van der Waals surface area contributed by atoms with Gasteiger partial charge in [0.25, 0.3) is 0 Å². The number of likely N-dealkylation sites (N-methyl/N-ethyl adjacent to an activating group) is 1. The predicted octanol–water partition coefficient (Wildman–Crippen LogP) is 4.15. The number of nitrogens with one attached hydrogen (secondary N) is 1. The van der Waals surface area contributed by atoms with Crippen molar-refractivity contribution >= 4 is 11.6 Å². The van der Waals surface area contributed by atoms with Gasteiger partial charge in [0.1, 0.15) is 5.82 Å². The van der Waals surface area contributed by atoms with Gasteiger partial charge in [-0.2, -0.15) is 5.10 Å². The molecule has 0 aliphatic rings. The van der Waals surface area contributed by atoms with E-state index < -0.39 is 0 Å². The van der Waals surface area contributed by atoms with Gasteiger partial charge in [-0.1, -0.05) is 30.7 Å². The molecule has 0 radical (unpaired) electrons. The molecule has 2 rings (SSSR count). The second kappa shape index (κ2) is 7.05. The summed E-state index contributed by atoms with van der Waals surface area (Å²) in [5.74, 6) is -0.216. The molecule has 0 saturated heterocycles. The van der Waals surface area contributed by atoms with Crippen molar-refractivity contribution in [3.8, 4) is 0 Å². The monoisotopic (exact) mass is 309 g/mol. The lowest BCUT2D eigenvalue weighted by atomic mass is 10.0. The van der Waals surface area contributed by atoms with Crippen molar-refractivity contribution in [2.24, 2.45) is 0 Å². The van der Waals surface area contributed by atoms with E-state index in [0.29, 0.717) is 11.4 Å². The van der Waals surface area contributed by atoms with E-state index in [1.54, 1.807) is 18.3 Å². The number of nitrogens with zero attached hydrogens (tertiary/aromatic N) is 2. The zero-order chi connectivity index (χ0) is 15.4. The average Bonchev–Trinajstić information content (AvgIpc) is 2.80. The van der Waals surface area contributed by atoms with Crippen LogP contribution >= 0.6 is 11.6 Å². The largest absolute Gasteiger partial charge is 0.309 e. The molecule has 0 spiro atoms. The Labute approximate surface area is 130 Å². The van der Waals surface area contributed by atoms with Crippen molar-refractivity contribution in [1.29, 1.82) is 0 Å². The van der Waals surface area contributed by atoms with Crippen molar-refractivity contribution in [2.75, 3.05) is 6.54 Å². The molecule has 0 saturated carbocycles. The number of aromatic nitrogens is 2. The standard InChI is InChI=1S/C16H21ClFN3/c1-4-19-15(9-12-6-5-7-13(18)8-12)16-14(17)10-20-21(16)11(2)3/h5-8,10-11,15,19H,4,9H2,1-3H3. The Hall–Kier alpha value is -1.39. The Balaban J connectivity index is 2.33. The van der Waals surface area contributed by atoms with E-state index >= 15 is 0 Å². The first kappa shape index (κ1) is 16.0. The molecule has 0 aliphatic heterocycles. The molecule has 1 aromatic carbocycles. The van der Waals surface area contributed by atoms with E-state index in [1.165, 1.54) is 6.07 Å². The van der Waals surface area contributed by atoms with Crippen LogP contribution in [0.15, 0.2) is 30.5 Å². The van der Waals surface area contributed by atoms with Crippen molar-refractivity contribution in [1.82, 2.24) is 15.1 Å². The lowest BCUT2D eigenvalue weighted by Crippen LogP contribution is -2.26. The lowest BCUT2D eigenvalue weighted by Gasteiger charge is -2.22. The van der Waals surface area contributed by atoms with Crippen LogP contribution in [0.1, 0.15) is 44.1 Å². The molecule has 2 aromatic rings. The number of rotatable bonds is 6. The van der Waals surface area contributed by atoms with Crippen LogP contribution in [0.5, 0.6) is 0 Å². The molecule has 0 amide bonds. The zero-order valence-corrected chi connectivity index (χ0v) is 13.4.